The van der Waals surface area contributed by atoms with Gasteiger partial charge < -0.3 is 0 Å². The fourth-order valence-electron chi connectivity index (χ4n) is 2.25. The lowest BCUT2D eigenvalue weighted by molar-refractivity contribution is 0.429. The zero-order chi connectivity index (χ0) is 14.3. The summed E-state index contributed by atoms with van der Waals surface area (Å²) in [5, 5.41) is 0.447. The molecule has 0 unspecified atom stereocenters. The summed E-state index contributed by atoms with van der Waals surface area (Å²) in [6, 6.07) is 4.90. The zero-order valence-electron chi connectivity index (χ0n) is 10.7. The third-order valence-electron chi connectivity index (χ3n) is 3.39. The summed E-state index contributed by atoms with van der Waals surface area (Å²) in [6.45, 7) is 2.27. The predicted molar refractivity (Wildman–Crippen MR) is 74.7 cm³/mol. The fraction of sp³-hybridized carbons (Fsp3) is 0.231. The summed E-state index contributed by atoms with van der Waals surface area (Å²) in [7, 11) is -3.58. The first-order valence-corrected chi connectivity index (χ1v) is 7.85. The molecule has 0 saturated carbocycles. The molecule has 0 aliphatic carbocycles. The first kappa shape index (κ1) is 13.5. The number of benzene rings is 1. The smallest absolute Gasteiger partial charge is 0.244 e. The van der Waals surface area contributed by atoms with E-state index < -0.39 is 10.0 Å². The molecule has 0 amide bonds. The molecule has 2 aromatic rings. The largest absolute Gasteiger partial charge is 0.244 e. The number of hydrogen-bond acceptors (Lipinski definition) is 4. The Kier molecular flexibility index (Phi) is 3.24. The van der Waals surface area contributed by atoms with Gasteiger partial charge in [0.1, 0.15) is 6.33 Å². The molecule has 0 N–H and O–H groups in total. The van der Waals surface area contributed by atoms with E-state index in [1.807, 2.05) is 0 Å². The van der Waals surface area contributed by atoms with Gasteiger partial charge in [-0.3, -0.25) is 0 Å². The first-order chi connectivity index (χ1) is 9.50. The third kappa shape index (κ3) is 2.09. The Hall–Kier alpha value is -1.50. The monoisotopic (exact) mass is 309 g/mol. The van der Waals surface area contributed by atoms with Crippen molar-refractivity contribution in [3.8, 4) is 0 Å². The minimum absolute atomic E-state index is 0.241. The van der Waals surface area contributed by atoms with Gasteiger partial charge in [-0.1, -0.05) is 17.7 Å². The summed E-state index contributed by atoms with van der Waals surface area (Å²) in [4.78, 5) is 8.28. The summed E-state index contributed by atoms with van der Waals surface area (Å²) in [6.07, 6.45) is 3.09. The van der Waals surface area contributed by atoms with Crippen LogP contribution in [0.1, 0.15) is 16.8 Å². The number of nitrogens with zero attached hydrogens (tertiary/aromatic N) is 3. The van der Waals surface area contributed by atoms with Crippen LogP contribution in [-0.4, -0.2) is 22.7 Å². The van der Waals surface area contributed by atoms with Gasteiger partial charge in [-0.25, -0.2) is 18.4 Å². The average molecular weight is 310 g/mol. The van der Waals surface area contributed by atoms with E-state index in [9.17, 15) is 8.42 Å². The van der Waals surface area contributed by atoms with Crippen molar-refractivity contribution in [2.45, 2.75) is 24.9 Å². The molecule has 0 atom stereocenters. The van der Waals surface area contributed by atoms with Crippen LogP contribution in [0, 0.1) is 6.92 Å². The molecule has 1 aliphatic rings. The normalized spacial score (nSPS) is 15.3. The lowest BCUT2D eigenvalue weighted by Gasteiger charge is -2.17. The SMILES string of the molecule is Cc1c(Cl)cccc1S(=O)(=O)N1Cc2cncnc2C1. The van der Waals surface area contributed by atoms with E-state index in [1.165, 1.54) is 10.6 Å². The molecule has 7 heteroatoms. The molecule has 0 spiro atoms. The van der Waals surface area contributed by atoms with Gasteiger partial charge in [-0.15, -0.1) is 0 Å². The second-order valence-electron chi connectivity index (χ2n) is 4.63. The van der Waals surface area contributed by atoms with Gasteiger partial charge in [0.25, 0.3) is 0 Å². The van der Waals surface area contributed by atoms with Crippen LogP contribution in [0.2, 0.25) is 5.02 Å². The van der Waals surface area contributed by atoms with E-state index in [4.69, 9.17) is 11.6 Å². The van der Waals surface area contributed by atoms with Gasteiger partial charge in [-0.05, 0) is 24.6 Å². The standard InChI is InChI=1S/C13H12ClN3O2S/c1-9-11(14)3-2-4-13(9)20(18,19)17-6-10-5-15-8-16-12(10)7-17/h2-5,8H,6-7H2,1H3. The Morgan fingerprint density at radius 3 is 2.85 bits per heavy atom. The Morgan fingerprint density at radius 1 is 1.30 bits per heavy atom. The second kappa shape index (κ2) is 4.80. The summed E-state index contributed by atoms with van der Waals surface area (Å²) >= 11 is 6.01. The topological polar surface area (TPSA) is 63.2 Å². The third-order valence-corrected chi connectivity index (χ3v) is 5.74. The zero-order valence-corrected chi connectivity index (χ0v) is 12.3. The summed E-state index contributed by atoms with van der Waals surface area (Å²) in [5.41, 5.74) is 2.16. The highest BCUT2D eigenvalue weighted by Crippen LogP contribution is 2.30. The molecule has 2 heterocycles. The maximum Gasteiger partial charge on any atom is 0.244 e. The van der Waals surface area contributed by atoms with Crippen molar-refractivity contribution in [1.29, 1.82) is 0 Å². The van der Waals surface area contributed by atoms with Gasteiger partial charge in [0.05, 0.1) is 17.1 Å². The molecule has 1 aromatic heterocycles. The quantitative estimate of drug-likeness (QED) is 0.852. The Labute approximate surface area is 122 Å². The van der Waals surface area contributed by atoms with E-state index in [-0.39, 0.29) is 11.4 Å². The molecule has 1 aliphatic heterocycles. The predicted octanol–water partition coefficient (Wildman–Crippen LogP) is 2.14. The van der Waals surface area contributed by atoms with Crippen molar-refractivity contribution in [2.24, 2.45) is 0 Å². The van der Waals surface area contributed by atoms with E-state index in [0.29, 0.717) is 17.1 Å². The van der Waals surface area contributed by atoms with Crippen molar-refractivity contribution >= 4 is 21.6 Å². The summed E-state index contributed by atoms with van der Waals surface area (Å²) < 4.78 is 26.8. The molecule has 0 saturated heterocycles. The number of aromatic nitrogens is 2. The molecule has 5 nitrogen and oxygen atoms in total. The van der Waals surface area contributed by atoms with Crippen molar-refractivity contribution < 1.29 is 8.42 Å². The van der Waals surface area contributed by atoms with Crippen LogP contribution in [0.25, 0.3) is 0 Å². The lowest BCUT2D eigenvalue weighted by atomic mass is 10.2. The number of fused-ring (bicyclic) bond motifs is 1. The highest BCUT2D eigenvalue weighted by Gasteiger charge is 2.32. The maximum absolute atomic E-state index is 12.7. The van der Waals surface area contributed by atoms with E-state index in [0.717, 1.165) is 11.3 Å². The highest BCUT2D eigenvalue weighted by atomic mass is 35.5. The first-order valence-electron chi connectivity index (χ1n) is 6.03. The summed E-state index contributed by atoms with van der Waals surface area (Å²) in [5.74, 6) is 0. The lowest BCUT2D eigenvalue weighted by Crippen LogP contribution is -2.26. The van der Waals surface area contributed by atoms with Crippen molar-refractivity contribution in [3.05, 3.63) is 52.6 Å². The van der Waals surface area contributed by atoms with Crippen molar-refractivity contribution in [3.63, 3.8) is 0 Å². The van der Waals surface area contributed by atoms with Crippen LogP contribution in [0.15, 0.2) is 35.6 Å². The van der Waals surface area contributed by atoms with Gasteiger partial charge in [0, 0.05) is 23.3 Å². The molecular weight excluding hydrogens is 298 g/mol. The average Bonchev–Trinajstić information content (AvgIpc) is 2.86. The van der Waals surface area contributed by atoms with Crippen LogP contribution >= 0.6 is 11.6 Å². The van der Waals surface area contributed by atoms with Crippen LogP contribution in [0.3, 0.4) is 0 Å². The van der Waals surface area contributed by atoms with Gasteiger partial charge in [-0.2, -0.15) is 4.31 Å². The maximum atomic E-state index is 12.7. The minimum atomic E-state index is -3.58. The Bertz CT molecular complexity index is 752. The molecule has 3 rings (SSSR count). The van der Waals surface area contributed by atoms with Crippen LogP contribution in [0.4, 0.5) is 0 Å². The molecule has 0 radical (unpaired) electrons. The molecule has 104 valence electrons. The molecule has 1 aromatic carbocycles. The fourth-order valence-corrected chi connectivity index (χ4v) is 4.10. The van der Waals surface area contributed by atoms with Gasteiger partial charge >= 0.3 is 0 Å². The van der Waals surface area contributed by atoms with E-state index in [1.54, 1.807) is 31.3 Å². The van der Waals surface area contributed by atoms with Crippen LogP contribution in [0.5, 0.6) is 0 Å². The second-order valence-corrected chi connectivity index (χ2v) is 6.94. The van der Waals surface area contributed by atoms with E-state index in [2.05, 4.69) is 9.97 Å². The highest BCUT2D eigenvalue weighted by molar-refractivity contribution is 7.89. The van der Waals surface area contributed by atoms with Crippen molar-refractivity contribution in [2.75, 3.05) is 0 Å². The van der Waals surface area contributed by atoms with Gasteiger partial charge in [0.2, 0.25) is 10.0 Å². The Balaban J connectivity index is 2.01. The number of sulfonamides is 1. The number of rotatable bonds is 2. The molecule has 0 fully saturated rings. The molecular formula is C13H12ClN3O2S. The number of halogens is 1. The minimum Gasteiger partial charge on any atom is -0.244 e. The molecule has 0 bridgehead atoms. The van der Waals surface area contributed by atoms with Gasteiger partial charge in [0.15, 0.2) is 0 Å². The Morgan fingerprint density at radius 2 is 2.10 bits per heavy atom. The van der Waals surface area contributed by atoms with E-state index >= 15 is 0 Å². The van der Waals surface area contributed by atoms with Crippen LogP contribution in [-0.2, 0) is 23.1 Å². The van der Waals surface area contributed by atoms with Crippen molar-refractivity contribution in [1.82, 2.24) is 14.3 Å². The van der Waals surface area contributed by atoms with Crippen LogP contribution < -0.4 is 0 Å². The molecule has 20 heavy (non-hydrogen) atoms. The number of hydrogen-bond donors (Lipinski definition) is 0.